The van der Waals surface area contributed by atoms with Gasteiger partial charge in [0.25, 0.3) is 5.91 Å². The van der Waals surface area contributed by atoms with Gasteiger partial charge in [0.1, 0.15) is 7.11 Å². The molecule has 1 amide bonds. The van der Waals surface area contributed by atoms with Crippen molar-refractivity contribution in [2.24, 2.45) is 5.16 Å². The fourth-order valence-electron chi connectivity index (χ4n) is 3.61. The number of rotatable bonds is 5. The number of hydrogen-bond acceptors (Lipinski definition) is 6. The van der Waals surface area contributed by atoms with Crippen LogP contribution in [0.3, 0.4) is 0 Å². The van der Waals surface area contributed by atoms with Crippen molar-refractivity contribution in [3.8, 4) is 11.1 Å². The van der Waals surface area contributed by atoms with Crippen LogP contribution < -0.4 is 0 Å². The molecule has 0 unspecified atom stereocenters. The van der Waals surface area contributed by atoms with Gasteiger partial charge in [0.05, 0.1) is 12.3 Å². The van der Waals surface area contributed by atoms with Crippen LogP contribution in [-0.4, -0.2) is 46.4 Å². The summed E-state index contributed by atoms with van der Waals surface area (Å²) in [5.74, 6) is 1.05. The zero-order valence-electron chi connectivity index (χ0n) is 16.4. The van der Waals surface area contributed by atoms with E-state index in [9.17, 15) is 4.79 Å². The molecule has 1 aliphatic rings. The molecule has 7 heteroatoms. The lowest BCUT2D eigenvalue weighted by Gasteiger charge is -2.23. The lowest BCUT2D eigenvalue weighted by molar-refractivity contribution is 0.0735. The predicted octanol–water partition coefficient (Wildman–Crippen LogP) is 3.50. The maximum Gasteiger partial charge on any atom is 0.254 e. The third-order valence-electron chi connectivity index (χ3n) is 4.96. The molecule has 148 valence electrons. The van der Waals surface area contributed by atoms with Gasteiger partial charge in [0, 0.05) is 24.4 Å². The first-order chi connectivity index (χ1) is 14.1. The van der Waals surface area contributed by atoms with Crippen molar-refractivity contribution in [2.45, 2.75) is 25.8 Å². The number of hydrogen-bond donors (Lipinski definition) is 0. The highest BCUT2D eigenvalue weighted by Crippen LogP contribution is 2.24. The second-order valence-corrected chi connectivity index (χ2v) is 7.01. The molecule has 1 fully saturated rings. The van der Waals surface area contributed by atoms with Gasteiger partial charge >= 0.3 is 0 Å². The minimum absolute atomic E-state index is 0.0489. The lowest BCUT2D eigenvalue weighted by atomic mass is 10.0. The fourth-order valence-corrected chi connectivity index (χ4v) is 3.61. The van der Waals surface area contributed by atoms with E-state index in [4.69, 9.17) is 9.36 Å². The second-order valence-electron chi connectivity index (χ2n) is 7.01. The molecule has 1 aliphatic heterocycles. The second kappa shape index (κ2) is 8.26. The third kappa shape index (κ3) is 4.18. The van der Waals surface area contributed by atoms with Crippen molar-refractivity contribution in [1.29, 1.82) is 0 Å². The van der Waals surface area contributed by atoms with Gasteiger partial charge in [-0.15, -0.1) is 0 Å². The molecule has 0 saturated carbocycles. The number of oxime groups is 1. The van der Waals surface area contributed by atoms with Crippen LogP contribution in [0.25, 0.3) is 11.1 Å². The molecule has 7 nitrogen and oxygen atoms in total. The number of aryl methyl sites for hydroxylation is 1. The highest BCUT2D eigenvalue weighted by Gasteiger charge is 2.35. The summed E-state index contributed by atoms with van der Waals surface area (Å²) in [5, 5.41) is 7.89. The van der Waals surface area contributed by atoms with E-state index in [1.54, 1.807) is 11.8 Å². The molecule has 4 rings (SSSR count). The number of likely N-dealkylation sites (tertiary alicyclic amines) is 1. The topological polar surface area (TPSA) is 80.8 Å². The molecule has 2 aromatic carbocycles. The zero-order chi connectivity index (χ0) is 20.2. The van der Waals surface area contributed by atoms with Crippen LogP contribution in [0, 0.1) is 6.92 Å². The maximum absolute atomic E-state index is 13.2. The standard InChI is InChI=1S/C22H22N4O3/c1-15-23-21(29-24-15)13-20-12-19(25-28-2)14-26(20)22(27)18-10-8-17(9-11-18)16-6-4-3-5-7-16/h3-11,20H,12-14H2,1-2H3/t20-/m0/s1. The summed E-state index contributed by atoms with van der Waals surface area (Å²) in [5.41, 5.74) is 3.65. The highest BCUT2D eigenvalue weighted by atomic mass is 16.6. The summed E-state index contributed by atoms with van der Waals surface area (Å²) in [6, 6.07) is 17.6. The van der Waals surface area contributed by atoms with Gasteiger partial charge in [0.2, 0.25) is 5.89 Å². The maximum atomic E-state index is 13.2. The molecular weight excluding hydrogens is 368 g/mol. The number of nitrogens with zero attached hydrogens (tertiary/aromatic N) is 4. The van der Waals surface area contributed by atoms with Crippen molar-refractivity contribution in [1.82, 2.24) is 15.0 Å². The molecule has 1 saturated heterocycles. The van der Waals surface area contributed by atoms with Crippen molar-refractivity contribution in [3.05, 3.63) is 71.9 Å². The van der Waals surface area contributed by atoms with E-state index >= 15 is 0 Å². The lowest BCUT2D eigenvalue weighted by Crippen LogP contribution is -2.37. The van der Waals surface area contributed by atoms with Crippen molar-refractivity contribution < 1.29 is 14.2 Å². The summed E-state index contributed by atoms with van der Waals surface area (Å²) in [4.78, 5) is 24.2. The van der Waals surface area contributed by atoms with E-state index in [0.717, 1.165) is 16.8 Å². The summed E-state index contributed by atoms with van der Waals surface area (Å²) in [7, 11) is 1.51. The third-order valence-corrected chi connectivity index (χ3v) is 4.96. The van der Waals surface area contributed by atoms with Crippen LogP contribution in [0.15, 0.2) is 64.3 Å². The Hall–Kier alpha value is -3.48. The SMILES string of the molecule is CON=C1C[C@@H](Cc2nc(C)no2)N(C(=O)c2ccc(-c3ccccc3)cc2)C1. The molecule has 0 N–H and O–H groups in total. The fraction of sp³-hybridized carbons (Fsp3) is 0.273. The molecular formula is C22H22N4O3. The van der Waals surface area contributed by atoms with E-state index in [1.807, 2.05) is 54.6 Å². The average Bonchev–Trinajstić information content (AvgIpc) is 3.34. The Balaban J connectivity index is 1.55. The first-order valence-electron chi connectivity index (χ1n) is 9.48. The molecule has 0 radical (unpaired) electrons. The number of amides is 1. The van der Waals surface area contributed by atoms with Gasteiger partial charge in [-0.3, -0.25) is 4.79 Å². The number of carbonyl (C=O) groups is 1. The Kier molecular flexibility index (Phi) is 5.37. The van der Waals surface area contributed by atoms with Gasteiger partial charge < -0.3 is 14.3 Å². The Bertz CT molecular complexity index is 1010. The van der Waals surface area contributed by atoms with Gasteiger partial charge in [-0.2, -0.15) is 4.98 Å². The predicted molar refractivity (Wildman–Crippen MR) is 109 cm³/mol. The van der Waals surface area contributed by atoms with Crippen LogP contribution in [0.1, 0.15) is 28.5 Å². The number of carbonyl (C=O) groups excluding carboxylic acids is 1. The van der Waals surface area contributed by atoms with Crippen molar-refractivity contribution in [2.75, 3.05) is 13.7 Å². The summed E-state index contributed by atoms with van der Waals surface area (Å²) in [6.45, 7) is 2.20. The molecule has 0 spiro atoms. The minimum Gasteiger partial charge on any atom is -0.399 e. The normalized spacial score (nSPS) is 17.7. The summed E-state index contributed by atoms with van der Waals surface area (Å²) >= 11 is 0. The summed E-state index contributed by atoms with van der Waals surface area (Å²) < 4.78 is 5.25. The molecule has 1 atom stereocenters. The van der Waals surface area contributed by atoms with E-state index < -0.39 is 0 Å². The monoisotopic (exact) mass is 390 g/mol. The van der Waals surface area contributed by atoms with Gasteiger partial charge in [-0.05, 0) is 30.2 Å². The molecule has 2 heterocycles. The van der Waals surface area contributed by atoms with Gasteiger partial charge in [-0.1, -0.05) is 52.8 Å². The van der Waals surface area contributed by atoms with Crippen LogP contribution >= 0.6 is 0 Å². The molecule has 0 bridgehead atoms. The molecule has 29 heavy (non-hydrogen) atoms. The number of benzene rings is 2. The molecule has 0 aliphatic carbocycles. The van der Waals surface area contributed by atoms with Crippen molar-refractivity contribution >= 4 is 11.6 Å². The van der Waals surface area contributed by atoms with Crippen LogP contribution in [0.5, 0.6) is 0 Å². The van der Waals surface area contributed by atoms with Crippen LogP contribution in [0.2, 0.25) is 0 Å². The summed E-state index contributed by atoms with van der Waals surface area (Å²) in [6.07, 6.45) is 1.10. The average molecular weight is 390 g/mol. The van der Waals surface area contributed by atoms with Gasteiger partial charge in [0.15, 0.2) is 5.82 Å². The molecule has 3 aromatic rings. The minimum atomic E-state index is -0.106. The Morgan fingerprint density at radius 3 is 2.55 bits per heavy atom. The van der Waals surface area contributed by atoms with E-state index in [1.165, 1.54) is 7.11 Å². The molecule has 1 aromatic heterocycles. The van der Waals surface area contributed by atoms with Crippen LogP contribution in [0.4, 0.5) is 0 Å². The van der Waals surface area contributed by atoms with E-state index in [-0.39, 0.29) is 11.9 Å². The number of aromatic nitrogens is 2. The first-order valence-corrected chi connectivity index (χ1v) is 9.48. The Morgan fingerprint density at radius 2 is 1.90 bits per heavy atom. The van der Waals surface area contributed by atoms with E-state index in [0.29, 0.717) is 36.7 Å². The first kappa shape index (κ1) is 18.9. The largest absolute Gasteiger partial charge is 0.399 e. The van der Waals surface area contributed by atoms with Gasteiger partial charge in [-0.25, -0.2) is 0 Å². The zero-order valence-corrected chi connectivity index (χ0v) is 16.4. The van der Waals surface area contributed by atoms with E-state index in [2.05, 4.69) is 15.3 Å². The highest BCUT2D eigenvalue weighted by molar-refractivity contribution is 6.00. The Labute approximate surface area is 169 Å². The van der Waals surface area contributed by atoms with Crippen LogP contribution in [-0.2, 0) is 11.3 Å². The smallest absolute Gasteiger partial charge is 0.254 e. The quantitative estimate of drug-likeness (QED) is 0.623. The van der Waals surface area contributed by atoms with Crippen molar-refractivity contribution in [3.63, 3.8) is 0 Å². The Morgan fingerprint density at radius 1 is 1.17 bits per heavy atom.